The molecule has 0 aromatic heterocycles. The Bertz CT molecular complexity index is 733. The first kappa shape index (κ1) is 16.0. The largest absolute Gasteiger partial charge is 0.444 e. The zero-order valence-corrected chi connectivity index (χ0v) is 13.1. The predicted molar refractivity (Wildman–Crippen MR) is 89.6 cm³/mol. The lowest BCUT2D eigenvalue weighted by Gasteiger charge is -2.32. The number of anilines is 1. The van der Waals surface area contributed by atoms with Crippen molar-refractivity contribution in [3.63, 3.8) is 0 Å². The van der Waals surface area contributed by atoms with Gasteiger partial charge in [-0.25, -0.2) is 4.79 Å². The molecule has 0 radical (unpaired) electrons. The summed E-state index contributed by atoms with van der Waals surface area (Å²) in [6.45, 7) is 0.504. The molecule has 1 aliphatic rings. The summed E-state index contributed by atoms with van der Waals surface area (Å²) in [5, 5.41) is 10.9. The number of ether oxygens (including phenoxy) is 1. The highest BCUT2D eigenvalue weighted by molar-refractivity contribution is 5.89. The Labute approximate surface area is 139 Å². The first-order valence-corrected chi connectivity index (χ1v) is 7.84. The molecule has 0 unspecified atom stereocenters. The number of nitrogens with zero attached hydrogens (tertiary/aromatic N) is 2. The molecule has 0 bridgehead atoms. The zero-order valence-electron chi connectivity index (χ0n) is 13.1. The van der Waals surface area contributed by atoms with Crippen molar-refractivity contribution in [2.45, 2.75) is 18.9 Å². The maximum absolute atomic E-state index is 12.4. The number of amides is 1. The quantitative estimate of drug-likeness (QED) is 0.636. The summed E-state index contributed by atoms with van der Waals surface area (Å²) in [6, 6.07) is 16.8. The van der Waals surface area contributed by atoms with Crippen molar-refractivity contribution in [3.05, 3.63) is 75.8 Å². The molecule has 2 aromatic carbocycles. The van der Waals surface area contributed by atoms with Crippen molar-refractivity contribution in [2.75, 3.05) is 18.0 Å². The molecule has 0 aliphatic carbocycles. The van der Waals surface area contributed by atoms with Crippen LogP contribution in [0, 0.1) is 10.1 Å². The molecule has 0 N–H and O–H groups in total. The van der Waals surface area contributed by atoms with E-state index in [1.54, 1.807) is 4.90 Å². The fourth-order valence-electron chi connectivity index (χ4n) is 3.00. The van der Waals surface area contributed by atoms with Crippen LogP contribution >= 0.6 is 0 Å². The Morgan fingerprint density at radius 1 is 1.17 bits per heavy atom. The van der Waals surface area contributed by atoms with E-state index >= 15 is 0 Å². The number of fused-ring (bicyclic) bond motifs is 1. The molecule has 1 atom stereocenters. The molecule has 2 aromatic rings. The van der Waals surface area contributed by atoms with Crippen molar-refractivity contribution in [2.24, 2.45) is 0 Å². The van der Waals surface area contributed by atoms with Crippen LogP contribution in [0.1, 0.15) is 23.5 Å². The first-order valence-electron chi connectivity index (χ1n) is 7.84. The summed E-state index contributed by atoms with van der Waals surface area (Å²) in [7, 11) is 0. The molecule has 0 fully saturated rings. The van der Waals surface area contributed by atoms with Gasteiger partial charge in [-0.3, -0.25) is 15.0 Å². The van der Waals surface area contributed by atoms with Gasteiger partial charge in [-0.05, 0) is 23.6 Å². The van der Waals surface area contributed by atoms with Crippen LogP contribution in [0.15, 0.2) is 54.6 Å². The van der Waals surface area contributed by atoms with Crippen LogP contribution in [0.25, 0.3) is 0 Å². The van der Waals surface area contributed by atoms with Crippen LogP contribution in [-0.2, 0) is 11.3 Å². The van der Waals surface area contributed by atoms with Crippen LogP contribution in [0.3, 0.4) is 0 Å². The predicted octanol–water partition coefficient (Wildman–Crippen LogP) is 3.59. The maximum atomic E-state index is 12.4. The SMILES string of the molecule is O=C(OCc1ccccc1)N1CC[C@H](C[N+](=O)[O-])c2ccccc21. The molecule has 1 heterocycles. The highest BCUT2D eigenvalue weighted by atomic mass is 16.6. The number of carbonyl (C=O) groups is 1. The lowest BCUT2D eigenvalue weighted by Crippen LogP contribution is -2.38. The van der Waals surface area contributed by atoms with E-state index in [-0.39, 0.29) is 24.0 Å². The van der Waals surface area contributed by atoms with E-state index in [2.05, 4.69) is 0 Å². The third-order valence-corrected chi connectivity index (χ3v) is 4.16. The highest BCUT2D eigenvalue weighted by Crippen LogP contribution is 2.35. The van der Waals surface area contributed by atoms with Crippen molar-refractivity contribution in [3.8, 4) is 0 Å². The van der Waals surface area contributed by atoms with Gasteiger partial charge in [0.05, 0.1) is 11.6 Å². The Morgan fingerprint density at radius 2 is 1.88 bits per heavy atom. The second-order valence-corrected chi connectivity index (χ2v) is 5.75. The second-order valence-electron chi connectivity index (χ2n) is 5.75. The summed E-state index contributed by atoms with van der Waals surface area (Å²) >= 11 is 0. The Morgan fingerprint density at radius 3 is 2.62 bits per heavy atom. The van der Waals surface area contributed by atoms with Gasteiger partial charge in [-0.1, -0.05) is 48.5 Å². The van der Waals surface area contributed by atoms with Crippen LogP contribution in [-0.4, -0.2) is 24.1 Å². The number of hydrogen-bond donors (Lipinski definition) is 0. The van der Waals surface area contributed by atoms with Crippen molar-refractivity contribution >= 4 is 11.8 Å². The van der Waals surface area contributed by atoms with Gasteiger partial charge in [0.1, 0.15) is 6.61 Å². The van der Waals surface area contributed by atoms with Gasteiger partial charge < -0.3 is 4.74 Å². The first-order chi connectivity index (χ1) is 11.6. The molecule has 0 spiro atoms. The highest BCUT2D eigenvalue weighted by Gasteiger charge is 2.31. The van der Waals surface area contributed by atoms with Crippen LogP contribution < -0.4 is 4.90 Å². The minimum absolute atomic E-state index is 0.121. The van der Waals surface area contributed by atoms with Gasteiger partial charge in [0.15, 0.2) is 0 Å². The Kier molecular flexibility index (Phi) is 4.74. The van der Waals surface area contributed by atoms with E-state index in [9.17, 15) is 14.9 Å². The average Bonchev–Trinajstić information content (AvgIpc) is 2.60. The Hall–Kier alpha value is -2.89. The molecular formula is C18H18N2O4. The number of carbonyl (C=O) groups excluding carboxylic acids is 1. The molecule has 124 valence electrons. The van der Waals surface area contributed by atoms with Crippen LogP contribution in [0.4, 0.5) is 10.5 Å². The third kappa shape index (κ3) is 3.53. The molecule has 0 saturated heterocycles. The topological polar surface area (TPSA) is 72.7 Å². The van der Waals surface area contributed by atoms with Gasteiger partial charge in [0, 0.05) is 11.5 Å². The summed E-state index contributed by atoms with van der Waals surface area (Å²) in [6.07, 6.45) is 0.129. The number of para-hydroxylation sites is 1. The zero-order chi connectivity index (χ0) is 16.9. The molecule has 1 amide bonds. The standard InChI is InChI=1S/C18H18N2O4/c21-18(24-13-14-6-2-1-3-7-14)19-11-10-15(12-20(22)23)16-8-4-5-9-17(16)19/h1-9,15H,10-13H2/t15-/m1/s1. The lowest BCUT2D eigenvalue weighted by atomic mass is 9.90. The van der Waals surface area contributed by atoms with Gasteiger partial charge in [-0.15, -0.1) is 0 Å². The van der Waals surface area contributed by atoms with Gasteiger partial charge in [-0.2, -0.15) is 0 Å². The number of benzene rings is 2. The van der Waals surface area contributed by atoms with E-state index < -0.39 is 6.09 Å². The van der Waals surface area contributed by atoms with E-state index in [1.165, 1.54) is 0 Å². The third-order valence-electron chi connectivity index (χ3n) is 4.16. The van der Waals surface area contributed by atoms with Crippen molar-refractivity contribution in [1.29, 1.82) is 0 Å². The molecule has 6 nitrogen and oxygen atoms in total. The molecule has 24 heavy (non-hydrogen) atoms. The summed E-state index contributed by atoms with van der Waals surface area (Å²) < 4.78 is 5.39. The van der Waals surface area contributed by atoms with Gasteiger partial charge in [0.25, 0.3) is 0 Å². The van der Waals surface area contributed by atoms with Gasteiger partial charge >= 0.3 is 6.09 Å². The summed E-state index contributed by atoms with van der Waals surface area (Å²) in [4.78, 5) is 24.5. The smallest absolute Gasteiger partial charge is 0.414 e. The van der Waals surface area contributed by atoms with E-state index in [0.29, 0.717) is 18.7 Å². The van der Waals surface area contributed by atoms with Crippen LogP contribution in [0.2, 0.25) is 0 Å². The molecule has 1 aliphatic heterocycles. The molecule has 6 heteroatoms. The van der Waals surface area contributed by atoms with Crippen molar-refractivity contribution < 1.29 is 14.5 Å². The molecular weight excluding hydrogens is 308 g/mol. The normalized spacial score (nSPS) is 16.3. The molecule has 3 rings (SSSR count). The van der Waals surface area contributed by atoms with E-state index in [4.69, 9.17) is 4.74 Å². The number of nitro groups is 1. The fraction of sp³-hybridized carbons (Fsp3) is 0.278. The Balaban J connectivity index is 1.74. The maximum Gasteiger partial charge on any atom is 0.414 e. The summed E-state index contributed by atoms with van der Waals surface area (Å²) in [5.74, 6) is -0.172. The molecule has 0 saturated carbocycles. The monoisotopic (exact) mass is 326 g/mol. The van der Waals surface area contributed by atoms with E-state index in [0.717, 1.165) is 11.1 Å². The summed E-state index contributed by atoms with van der Waals surface area (Å²) in [5.41, 5.74) is 2.45. The second kappa shape index (κ2) is 7.12. The van der Waals surface area contributed by atoms with Crippen LogP contribution in [0.5, 0.6) is 0 Å². The minimum Gasteiger partial charge on any atom is -0.444 e. The fourth-order valence-corrected chi connectivity index (χ4v) is 3.00. The number of hydrogen-bond acceptors (Lipinski definition) is 4. The van der Waals surface area contributed by atoms with Gasteiger partial charge in [0.2, 0.25) is 6.54 Å². The van der Waals surface area contributed by atoms with Crippen molar-refractivity contribution in [1.82, 2.24) is 0 Å². The number of rotatable bonds is 4. The average molecular weight is 326 g/mol. The lowest BCUT2D eigenvalue weighted by molar-refractivity contribution is -0.483. The minimum atomic E-state index is -0.425. The van der Waals surface area contributed by atoms with E-state index in [1.807, 2.05) is 54.6 Å².